The van der Waals surface area contributed by atoms with E-state index < -0.39 is 5.97 Å². The molecule has 4 heteroatoms. The van der Waals surface area contributed by atoms with Crippen LogP contribution in [-0.2, 0) is 6.61 Å². The molecule has 0 unspecified atom stereocenters. The number of aromatic carboxylic acids is 1. The minimum atomic E-state index is -1.33. The largest absolute Gasteiger partial charge is 0.542 e. The van der Waals surface area contributed by atoms with E-state index in [0.717, 1.165) is 11.3 Å². The summed E-state index contributed by atoms with van der Waals surface area (Å²) >= 11 is 0. The number of ether oxygens (including phenoxy) is 1. The molecule has 0 saturated heterocycles. The summed E-state index contributed by atoms with van der Waals surface area (Å²) in [5.74, 6) is -0.335. The van der Waals surface area contributed by atoms with Crippen molar-refractivity contribution in [3.05, 3.63) is 53.0 Å². The first-order chi connectivity index (χ1) is 8.56. The fraction of sp³-hybridized carbons (Fsp3) is 0.214. The van der Waals surface area contributed by atoms with Crippen LogP contribution in [0.1, 0.15) is 27.4 Å². The number of hydrogen-bond acceptors (Lipinski definition) is 4. The van der Waals surface area contributed by atoms with Crippen molar-refractivity contribution in [3.8, 4) is 5.75 Å². The van der Waals surface area contributed by atoms with E-state index in [1.807, 2.05) is 32.0 Å². The Morgan fingerprint density at radius 3 is 2.61 bits per heavy atom. The van der Waals surface area contributed by atoms with Gasteiger partial charge in [0.25, 0.3) is 0 Å². The van der Waals surface area contributed by atoms with Crippen molar-refractivity contribution in [1.29, 1.82) is 0 Å². The van der Waals surface area contributed by atoms with Crippen LogP contribution < -0.4 is 9.84 Å². The number of carbonyl (C=O) groups excluding carboxylic acids is 1. The molecule has 0 spiro atoms. The molecule has 1 aromatic heterocycles. The Kier molecular flexibility index (Phi) is 3.37. The Balaban J connectivity index is 2.02. The van der Waals surface area contributed by atoms with Crippen LogP contribution in [0.5, 0.6) is 5.75 Å². The number of carboxylic acids is 1. The lowest BCUT2D eigenvalue weighted by atomic mass is 10.1. The van der Waals surface area contributed by atoms with Crippen LogP contribution in [0, 0.1) is 13.8 Å². The fourth-order valence-corrected chi connectivity index (χ4v) is 1.52. The molecule has 0 radical (unpaired) electrons. The van der Waals surface area contributed by atoms with Crippen LogP contribution in [0.15, 0.2) is 34.7 Å². The first-order valence-electron chi connectivity index (χ1n) is 5.56. The number of carbonyl (C=O) groups is 1. The Labute approximate surface area is 105 Å². The van der Waals surface area contributed by atoms with Gasteiger partial charge in [0.05, 0.1) is 0 Å². The average molecular weight is 245 g/mol. The molecule has 4 nitrogen and oxygen atoms in total. The summed E-state index contributed by atoms with van der Waals surface area (Å²) in [6.45, 7) is 4.22. The number of hydrogen-bond donors (Lipinski definition) is 0. The van der Waals surface area contributed by atoms with Gasteiger partial charge in [-0.1, -0.05) is 6.07 Å². The predicted octanol–water partition coefficient (Wildman–Crippen LogP) is 1.84. The highest BCUT2D eigenvalue weighted by Crippen LogP contribution is 2.18. The SMILES string of the molecule is Cc1ccc(OCc2ccc(C(=O)[O-])o2)cc1C. The summed E-state index contributed by atoms with van der Waals surface area (Å²) in [5, 5.41) is 10.5. The first kappa shape index (κ1) is 12.2. The number of benzene rings is 1. The molecule has 0 N–H and O–H groups in total. The Morgan fingerprint density at radius 1 is 1.22 bits per heavy atom. The summed E-state index contributed by atoms with van der Waals surface area (Å²) in [4.78, 5) is 10.5. The van der Waals surface area contributed by atoms with Gasteiger partial charge in [-0.25, -0.2) is 0 Å². The first-order valence-corrected chi connectivity index (χ1v) is 5.56. The summed E-state index contributed by atoms with van der Waals surface area (Å²) in [5.41, 5.74) is 2.34. The maximum absolute atomic E-state index is 10.5. The molecule has 0 fully saturated rings. The number of carboxylic acid groups (broad SMARTS) is 1. The zero-order valence-corrected chi connectivity index (χ0v) is 10.2. The van der Waals surface area contributed by atoms with Gasteiger partial charge in [-0.15, -0.1) is 0 Å². The van der Waals surface area contributed by atoms with E-state index >= 15 is 0 Å². The highest BCUT2D eigenvalue weighted by atomic mass is 16.5. The van der Waals surface area contributed by atoms with Gasteiger partial charge < -0.3 is 19.1 Å². The van der Waals surface area contributed by atoms with Crippen LogP contribution in [0.25, 0.3) is 0 Å². The molecule has 0 bridgehead atoms. The summed E-state index contributed by atoms with van der Waals surface area (Å²) in [7, 11) is 0. The molecular formula is C14H13O4-. The average Bonchev–Trinajstić information content (AvgIpc) is 2.79. The van der Waals surface area contributed by atoms with E-state index in [1.165, 1.54) is 11.6 Å². The van der Waals surface area contributed by atoms with Crippen molar-refractivity contribution in [3.63, 3.8) is 0 Å². The van der Waals surface area contributed by atoms with Crippen LogP contribution in [0.4, 0.5) is 0 Å². The Hall–Kier alpha value is -2.23. The molecule has 18 heavy (non-hydrogen) atoms. The van der Waals surface area contributed by atoms with Gasteiger partial charge in [0.2, 0.25) is 0 Å². The van der Waals surface area contributed by atoms with Crippen LogP contribution >= 0.6 is 0 Å². The van der Waals surface area contributed by atoms with E-state index in [4.69, 9.17) is 9.15 Å². The van der Waals surface area contributed by atoms with E-state index in [-0.39, 0.29) is 12.4 Å². The Morgan fingerprint density at radius 2 is 2.00 bits per heavy atom. The fourth-order valence-electron chi connectivity index (χ4n) is 1.52. The van der Waals surface area contributed by atoms with Crippen molar-refractivity contribution < 1.29 is 19.1 Å². The molecule has 0 amide bonds. The predicted molar refractivity (Wildman–Crippen MR) is 63.3 cm³/mol. The molecule has 2 rings (SSSR count). The topological polar surface area (TPSA) is 62.5 Å². The smallest absolute Gasteiger partial charge is 0.149 e. The molecule has 0 atom stereocenters. The normalized spacial score (nSPS) is 10.3. The maximum Gasteiger partial charge on any atom is 0.149 e. The van der Waals surface area contributed by atoms with Crippen molar-refractivity contribution in [2.24, 2.45) is 0 Å². The number of furan rings is 1. The molecule has 0 saturated carbocycles. The lowest BCUT2D eigenvalue weighted by Crippen LogP contribution is -2.21. The van der Waals surface area contributed by atoms with Gasteiger partial charge in [-0.2, -0.15) is 0 Å². The molecule has 2 aromatic rings. The van der Waals surface area contributed by atoms with Gasteiger partial charge in [-0.05, 0) is 49.2 Å². The quantitative estimate of drug-likeness (QED) is 0.824. The molecule has 0 aliphatic heterocycles. The molecular weight excluding hydrogens is 232 g/mol. The molecule has 1 aromatic carbocycles. The van der Waals surface area contributed by atoms with Crippen molar-refractivity contribution in [1.82, 2.24) is 0 Å². The van der Waals surface area contributed by atoms with Gasteiger partial charge in [-0.3, -0.25) is 0 Å². The minimum Gasteiger partial charge on any atom is -0.542 e. The Bertz CT molecular complexity index is 569. The third-order valence-electron chi connectivity index (χ3n) is 2.72. The van der Waals surface area contributed by atoms with Gasteiger partial charge in [0.1, 0.15) is 29.8 Å². The van der Waals surface area contributed by atoms with Crippen LogP contribution in [-0.4, -0.2) is 5.97 Å². The van der Waals surface area contributed by atoms with E-state index in [9.17, 15) is 9.90 Å². The van der Waals surface area contributed by atoms with Gasteiger partial charge in [0, 0.05) is 0 Å². The molecule has 94 valence electrons. The van der Waals surface area contributed by atoms with Gasteiger partial charge in [0.15, 0.2) is 0 Å². The zero-order valence-electron chi connectivity index (χ0n) is 10.2. The highest BCUT2D eigenvalue weighted by Gasteiger charge is 2.04. The van der Waals surface area contributed by atoms with Crippen molar-refractivity contribution in [2.75, 3.05) is 0 Å². The second-order valence-electron chi connectivity index (χ2n) is 4.09. The number of aryl methyl sites for hydroxylation is 2. The zero-order chi connectivity index (χ0) is 13.1. The van der Waals surface area contributed by atoms with E-state index in [1.54, 1.807) is 6.07 Å². The summed E-state index contributed by atoms with van der Waals surface area (Å²) < 4.78 is 10.5. The van der Waals surface area contributed by atoms with E-state index in [2.05, 4.69) is 0 Å². The van der Waals surface area contributed by atoms with Crippen LogP contribution in [0.3, 0.4) is 0 Å². The van der Waals surface area contributed by atoms with Gasteiger partial charge >= 0.3 is 0 Å². The third kappa shape index (κ3) is 2.71. The number of rotatable bonds is 4. The van der Waals surface area contributed by atoms with Crippen LogP contribution in [0.2, 0.25) is 0 Å². The molecule has 0 aliphatic rings. The van der Waals surface area contributed by atoms with E-state index in [0.29, 0.717) is 5.76 Å². The summed E-state index contributed by atoms with van der Waals surface area (Å²) in [6.07, 6.45) is 0. The molecule has 0 aliphatic carbocycles. The summed E-state index contributed by atoms with van der Waals surface area (Å²) in [6, 6.07) is 8.68. The van der Waals surface area contributed by atoms with Crippen molar-refractivity contribution in [2.45, 2.75) is 20.5 Å². The monoisotopic (exact) mass is 245 g/mol. The maximum atomic E-state index is 10.5. The lowest BCUT2D eigenvalue weighted by Gasteiger charge is -2.06. The molecule has 1 heterocycles. The standard InChI is InChI=1S/C14H14O4/c1-9-3-4-11(7-10(9)2)17-8-12-5-6-13(18-12)14(15)16/h3-7H,8H2,1-2H3,(H,15,16)/p-1. The lowest BCUT2D eigenvalue weighted by molar-refractivity contribution is -0.257. The second kappa shape index (κ2) is 4.96. The highest BCUT2D eigenvalue weighted by molar-refractivity contribution is 5.82. The minimum absolute atomic E-state index is 0.186. The third-order valence-corrected chi connectivity index (χ3v) is 2.72. The second-order valence-corrected chi connectivity index (χ2v) is 4.09. The van der Waals surface area contributed by atoms with Crippen molar-refractivity contribution >= 4 is 5.97 Å².